The summed E-state index contributed by atoms with van der Waals surface area (Å²) in [5, 5.41) is 5.39. The lowest BCUT2D eigenvalue weighted by Gasteiger charge is -2.23. The predicted octanol–water partition coefficient (Wildman–Crippen LogP) is 1.29. The number of amides is 3. The molecule has 9 nitrogen and oxygen atoms in total. The van der Waals surface area contributed by atoms with Crippen LogP contribution in [0.5, 0.6) is 0 Å². The van der Waals surface area contributed by atoms with Gasteiger partial charge in [0, 0.05) is 24.8 Å². The molecule has 2 heterocycles. The number of aromatic nitrogens is 2. The Kier molecular flexibility index (Phi) is 7.04. The molecule has 1 saturated heterocycles. The van der Waals surface area contributed by atoms with E-state index in [1.54, 1.807) is 6.07 Å². The minimum atomic E-state index is -0.961. The van der Waals surface area contributed by atoms with Gasteiger partial charge in [0.15, 0.2) is 11.6 Å². The van der Waals surface area contributed by atoms with Gasteiger partial charge in [-0.2, -0.15) is 0 Å². The third-order valence-corrected chi connectivity index (χ3v) is 5.55. The molecule has 1 aromatic carbocycles. The number of para-hydroxylation sites is 2. The third kappa shape index (κ3) is 5.68. The first-order valence-corrected chi connectivity index (χ1v) is 10.6. The topological polar surface area (TPSA) is 147 Å². The van der Waals surface area contributed by atoms with Gasteiger partial charge in [0.25, 0.3) is 0 Å². The molecular weight excluding hydrogens is 398 g/mol. The van der Waals surface area contributed by atoms with E-state index in [1.165, 1.54) is 0 Å². The molecule has 31 heavy (non-hydrogen) atoms. The summed E-state index contributed by atoms with van der Waals surface area (Å²) in [4.78, 5) is 56.9. The summed E-state index contributed by atoms with van der Waals surface area (Å²) in [5.74, 6) is -2.16. The Morgan fingerprint density at radius 2 is 2.00 bits per heavy atom. The Labute approximate surface area is 180 Å². The second-order valence-electron chi connectivity index (χ2n) is 8.53. The molecule has 9 heteroatoms. The second kappa shape index (κ2) is 9.72. The smallest absolute Gasteiger partial charge is 0.240 e. The maximum Gasteiger partial charge on any atom is 0.240 e. The summed E-state index contributed by atoms with van der Waals surface area (Å²) < 4.78 is 0. The van der Waals surface area contributed by atoms with E-state index in [0.29, 0.717) is 24.9 Å². The summed E-state index contributed by atoms with van der Waals surface area (Å²) >= 11 is 0. The average molecular weight is 428 g/mol. The van der Waals surface area contributed by atoms with Crippen LogP contribution in [-0.2, 0) is 14.4 Å². The first-order valence-electron chi connectivity index (χ1n) is 10.6. The molecule has 1 fully saturated rings. The number of nitrogens with one attached hydrogen (secondary N) is 3. The van der Waals surface area contributed by atoms with Crippen LogP contribution < -0.4 is 16.4 Å². The Morgan fingerprint density at radius 3 is 2.61 bits per heavy atom. The van der Waals surface area contributed by atoms with Gasteiger partial charge in [-0.15, -0.1) is 0 Å². The molecule has 1 aromatic heterocycles. The van der Waals surface area contributed by atoms with Crippen LogP contribution in [0.2, 0.25) is 0 Å². The number of Topliss-reactive ketones (excluding diaryl/α,β-unsaturated/α-hetero) is 1. The van der Waals surface area contributed by atoms with Gasteiger partial charge in [-0.3, -0.25) is 19.2 Å². The van der Waals surface area contributed by atoms with Crippen molar-refractivity contribution in [1.82, 2.24) is 20.6 Å². The zero-order valence-electron chi connectivity index (χ0n) is 17.8. The molecular formula is C22H29N5O4. The van der Waals surface area contributed by atoms with Gasteiger partial charge < -0.3 is 21.4 Å². The summed E-state index contributed by atoms with van der Waals surface area (Å²) in [6.45, 7) is 4.46. The maximum absolute atomic E-state index is 13.0. The maximum atomic E-state index is 13.0. The molecule has 5 N–H and O–H groups in total. The number of hydrogen-bond donors (Lipinski definition) is 4. The molecule has 2 aromatic rings. The summed E-state index contributed by atoms with van der Waals surface area (Å²) in [6.07, 6.45) is 1.17. The van der Waals surface area contributed by atoms with E-state index in [9.17, 15) is 19.2 Å². The van der Waals surface area contributed by atoms with E-state index < -0.39 is 23.8 Å². The van der Waals surface area contributed by atoms with Crippen molar-refractivity contribution in [2.75, 3.05) is 6.54 Å². The summed E-state index contributed by atoms with van der Waals surface area (Å²) in [6, 6.07) is 6.35. The fourth-order valence-electron chi connectivity index (χ4n) is 3.95. The lowest BCUT2D eigenvalue weighted by molar-refractivity contribution is -0.131. The molecule has 3 amide bonds. The van der Waals surface area contributed by atoms with E-state index in [0.717, 1.165) is 5.52 Å². The van der Waals surface area contributed by atoms with Gasteiger partial charge in [0.1, 0.15) is 6.04 Å². The van der Waals surface area contributed by atoms with E-state index in [4.69, 9.17) is 5.73 Å². The van der Waals surface area contributed by atoms with Gasteiger partial charge in [-0.05, 0) is 37.3 Å². The molecule has 0 radical (unpaired) electrons. The molecule has 3 atom stereocenters. The summed E-state index contributed by atoms with van der Waals surface area (Å²) in [7, 11) is 0. The highest BCUT2D eigenvalue weighted by molar-refractivity contribution is 5.98. The van der Waals surface area contributed by atoms with Crippen molar-refractivity contribution < 1.29 is 19.2 Å². The summed E-state index contributed by atoms with van der Waals surface area (Å²) in [5.41, 5.74) is 6.91. The Balaban J connectivity index is 1.70. The normalized spacial score (nSPS) is 18.0. The number of carbonyl (C=O) groups excluding carboxylic acids is 4. The monoisotopic (exact) mass is 427 g/mol. The van der Waals surface area contributed by atoms with Crippen molar-refractivity contribution in [3.05, 3.63) is 30.1 Å². The van der Waals surface area contributed by atoms with Crippen molar-refractivity contribution in [2.45, 2.75) is 45.6 Å². The molecule has 0 saturated carbocycles. The zero-order valence-corrected chi connectivity index (χ0v) is 17.8. The minimum absolute atomic E-state index is 0.0424. The lowest BCUT2D eigenvalue weighted by Crippen LogP contribution is -2.48. The van der Waals surface area contributed by atoms with Crippen LogP contribution in [0.4, 0.5) is 0 Å². The average Bonchev–Trinajstić information content (AvgIpc) is 3.32. The molecule has 0 bridgehead atoms. The van der Waals surface area contributed by atoms with Crippen LogP contribution in [0.1, 0.15) is 50.1 Å². The van der Waals surface area contributed by atoms with Crippen LogP contribution in [0.3, 0.4) is 0 Å². The third-order valence-electron chi connectivity index (χ3n) is 5.55. The van der Waals surface area contributed by atoms with Crippen molar-refractivity contribution in [3.63, 3.8) is 0 Å². The molecule has 166 valence electrons. The van der Waals surface area contributed by atoms with Gasteiger partial charge in [-0.1, -0.05) is 26.0 Å². The lowest BCUT2D eigenvalue weighted by atomic mass is 9.90. The standard InChI is InChI=1S/C22H29N5O4/c1-12(2)9-14(11-18(28)20-25-15-5-3-4-6-16(15)26-20)22(31)27-17(19(23)29)10-13-7-8-24-21(13)30/h3-6,12-14,17H,7-11H2,1-2H3,(H2,23,29)(H,24,30)(H,25,26)(H,27,31)/t13-,14+,17-/m0/s1. The molecule has 3 rings (SSSR count). The first-order chi connectivity index (χ1) is 14.7. The zero-order chi connectivity index (χ0) is 22.5. The highest BCUT2D eigenvalue weighted by Gasteiger charge is 2.32. The van der Waals surface area contributed by atoms with Gasteiger partial charge in [-0.25, -0.2) is 4.98 Å². The number of H-pyrrole nitrogens is 1. The van der Waals surface area contributed by atoms with Gasteiger partial charge >= 0.3 is 0 Å². The number of nitrogens with zero attached hydrogens (tertiary/aromatic N) is 1. The number of imidazole rings is 1. The highest BCUT2D eigenvalue weighted by Crippen LogP contribution is 2.21. The Hall–Kier alpha value is -3.23. The number of hydrogen-bond acceptors (Lipinski definition) is 5. The van der Waals surface area contributed by atoms with E-state index in [-0.39, 0.29) is 42.2 Å². The number of ketones is 1. The highest BCUT2D eigenvalue weighted by atomic mass is 16.2. The molecule has 0 spiro atoms. The number of carbonyl (C=O) groups is 4. The number of nitrogens with two attached hydrogens (primary N) is 1. The Bertz CT molecular complexity index is 950. The van der Waals surface area contributed by atoms with Crippen molar-refractivity contribution in [1.29, 1.82) is 0 Å². The van der Waals surface area contributed by atoms with Crippen molar-refractivity contribution in [2.24, 2.45) is 23.5 Å². The SMILES string of the molecule is CC(C)C[C@H](CC(=O)c1nc2ccccc2[nH]1)C(=O)N[C@@H](C[C@@H]1CCNC1=O)C(N)=O. The van der Waals surface area contributed by atoms with Crippen molar-refractivity contribution >= 4 is 34.5 Å². The number of benzene rings is 1. The van der Waals surface area contributed by atoms with E-state index in [2.05, 4.69) is 20.6 Å². The molecule has 0 aliphatic carbocycles. The molecule has 0 unspecified atom stereocenters. The minimum Gasteiger partial charge on any atom is -0.368 e. The predicted molar refractivity (Wildman–Crippen MR) is 115 cm³/mol. The van der Waals surface area contributed by atoms with Gasteiger partial charge in [0.2, 0.25) is 17.7 Å². The van der Waals surface area contributed by atoms with Crippen LogP contribution in [0.15, 0.2) is 24.3 Å². The van der Waals surface area contributed by atoms with Crippen LogP contribution in [0.25, 0.3) is 11.0 Å². The van der Waals surface area contributed by atoms with Crippen LogP contribution in [-0.4, -0.2) is 46.1 Å². The second-order valence-corrected chi connectivity index (χ2v) is 8.53. The van der Waals surface area contributed by atoms with E-state index >= 15 is 0 Å². The number of rotatable bonds is 10. The fraction of sp³-hybridized carbons (Fsp3) is 0.500. The van der Waals surface area contributed by atoms with E-state index in [1.807, 2.05) is 32.0 Å². The first kappa shape index (κ1) is 22.5. The number of primary amides is 1. The Morgan fingerprint density at radius 1 is 1.26 bits per heavy atom. The number of aromatic amines is 1. The van der Waals surface area contributed by atoms with Crippen LogP contribution >= 0.6 is 0 Å². The largest absolute Gasteiger partial charge is 0.368 e. The molecule has 1 aliphatic heterocycles. The fourth-order valence-corrected chi connectivity index (χ4v) is 3.95. The van der Waals surface area contributed by atoms with Crippen molar-refractivity contribution in [3.8, 4) is 0 Å². The molecule has 1 aliphatic rings. The number of fused-ring (bicyclic) bond motifs is 1. The quantitative estimate of drug-likeness (QED) is 0.422. The van der Waals surface area contributed by atoms with Gasteiger partial charge in [0.05, 0.1) is 11.0 Å². The van der Waals surface area contributed by atoms with Crippen LogP contribution in [0, 0.1) is 17.8 Å².